The van der Waals surface area contributed by atoms with Crippen LogP contribution in [0.5, 0.6) is 0 Å². The molecule has 0 amide bonds. The zero-order valence-electron chi connectivity index (χ0n) is 8.53. The summed E-state index contributed by atoms with van der Waals surface area (Å²) in [4.78, 5) is 0. The first-order chi connectivity index (χ1) is 5.68. The van der Waals surface area contributed by atoms with Gasteiger partial charge in [-0.15, -0.1) is 11.6 Å². The molecule has 2 heteroatoms. The first kappa shape index (κ1) is 12.6. The molecular formula is C10H21ClS. The van der Waals surface area contributed by atoms with Crippen molar-refractivity contribution in [3.8, 4) is 0 Å². The second-order valence-corrected chi connectivity index (χ2v) is 5.26. The molecule has 0 aliphatic rings. The minimum Gasteiger partial charge on any atom is -0.162 e. The fourth-order valence-corrected chi connectivity index (χ4v) is 2.04. The maximum absolute atomic E-state index is 5.91. The van der Waals surface area contributed by atoms with E-state index in [1.807, 2.05) is 11.8 Å². The van der Waals surface area contributed by atoms with Crippen molar-refractivity contribution in [3.63, 3.8) is 0 Å². The summed E-state index contributed by atoms with van der Waals surface area (Å²) >= 11 is 7.94. The molecule has 0 aromatic rings. The molecule has 0 aliphatic carbocycles. The summed E-state index contributed by atoms with van der Waals surface area (Å²) in [6, 6.07) is 0. The van der Waals surface area contributed by atoms with Crippen LogP contribution >= 0.6 is 23.4 Å². The van der Waals surface area contributed by atoms with Crippen molar-refractivity contribution < 1.29 is 0 Å². The molecule has 0 aromatic heterocycles. The van der Waals surface area contributed by atoms with E-state index in [0.29, 0.717) is 5.41 Å². The van der Waals surface area contributed by atoms with Crippen molar-refractivity contribution in [1.29, 1.82) is 0 Å². The Labute approximate surface area is 86.5 Å². The van der Waals surface area contributed by atoms with E-state index in [2.05, 4.69) is 20.8 Å². The molecule has 0 aliphatic heterocycles. The van der Waals surface area contributed by atoms with Crippen LogP contribution in [0.4, 0.5) is 0 Å². The Kier molecular flexibility index (Phi) is 7.46. The summed E-state index contributed by atoms with van der Waals surface area (Å²) < 4.78 is 0. The van der Waals surface area contributed by atoms with Crippen LogP contribution in [0.3, 0.4) is 0 Å². The fraction of sp³-hybridized carbons (Fsp3) is 1.00. The average molecular weight is 209 g/mol. The van der Waals surface area contributed by atoms with Crippen LogP contribution < -0.4 is 0 Å². The molecular weight excluding hydrogens is 188 g/mol. The van der Waals surface area contributed by atoms with E-state index in [9.17, 15) is 0 Å². The second kappa shape index (κ2) is 7.08. The van der Waals surface area contributed by atoms with E-state index in [-0.39, 0.29) is 0 Å². The lowest BCUT2D eigenvalue weighted by molar-refractivity contribution is 0.326. The second-order valence-electron chi connectivity index (χ2n) is 3.60. The Morgan fingerprint density at radius 2 is 2.00 bits per heavy atom. The van der Waals surface area contributed by atoms with Crippen molar-refractivity contribution >= 4 is 23.4 Å². The summed E-state index contributed by atoms with van der Waals surface area (Å²) in [5.74, 6) is 3.34. The minimum absolute atomic E-state index is 0.385. The molecule has 1 unspecified atom stereocenters. The smallest absolute Gasteiger partial charge is 0.0277 e. The number of hydrogen-bond acceptors (Lipinski definition) is 1. The number of rotatable bonds is 7. The molecule has 0 nitrogen and oxygen atoms in total. The highest BCUT2D eigenvalue weighted by molar-refractivity contribution is 7.99. The van der Waals surface area contributed by atoms with Crippen LogP contribution in [0.1, 0.15) is 40.0 Å². The van der Waals surface area contributed by atoms with Gasteiger partial charge in [-0.1, -0.05) is 20.8 Å². The van der Waals surface area contributed by atoms with E-state index in [1.165, 1.54) is 30.8 Å². The summed E-state index contributed by atoms with van der Waals surface area (Å²) in [5, 5.41) is 0. The number of hydrogen-bond donors (Lipinski definition) is 0. The maximum atomic E-state index is 5.91. The SMILES string of the molecule is CCSCCCC(C)(CC)CCl. The van der Waals surface area contributed by atoms with E-state index < -0.39 is 0 Å². The average Bonchev–Trinajstić information content (AvgIpc) is 2.12. The molecule has 0 saturated carbocycles. The van der Waals surface area contributed by atoms with Gasteiger partial charge in [0.1, 0.15) is 0 Å². The van der Waals surface area contributed by atoms with Crippen LogP contribution in [0.2, 0.25) is 0 Å². The summed E-state index contributed by atoms with van der Waals surface area (Å²) in [6.07, 6.45) is 3.79. The van der Waals surface area contributed by atoms with Gasteiger partial charge in [0.15, 0.2) is 0 Å². The predicted molar refractivity (Wildman–Crippen MR) is 61.4 cm³/mol. The van der Waals surface area contributed by atoms with Gasteiger partial charge in [-0.3, -0.25) is 0 Å². The van der Waals surface area contributed by atoms with Gasteiger partial charge < -0.3 is 0 Å². The Morgan fingerprint density at radius 1 is 1.33 bits per heavy atom. The fourth-order valence-electron chi connectivity index (χ4n) is 1.08. The lowest BCUT2D eigenvalue weighted by Crippen LogP contribution is -2.17. The first-order valence-corrected chi connectivity index (χ1v) is 6.51. The zero-order chi connectivity index (χ0) is 9.45. The number of thioether (sulfide) groups is 1. The van der Waals surface area contributed by atoms with Gasteiger partial charge in [0, 0.05) is 5.88 Å². The van der Waals surface area contributed by atoms with E-state index in [0.717, 1.165) is 5.88 Å². The van der Waals surface area contributed by atoms with Crippen molar-refractivity contribution in [2.45, 2.75) is 40.0 Å². The quantitative estimate of drug-likeness (QED) is 0.447. The maximum Gasteiger partial charge on any atom is 0.0277 e. The number of alkyl halides is 1. The van der Waals surface area contributed by atoms with E-state index in [1.54, 1.807) is 0 Å². The normalized spacial score (nSPS) is 16.0. The molecule has 0 saturated heterocycles. The van der Waals surface area contributed by atoms with Gasteiger partial charge in [-0.2, -0.15) is 11.8 Å². The van der Waals surface area contributed by atoms with Crippen LogP contribution in [0.15, 0.2) is 0 Å². The van der Waals surface area contributed by atoms with Crippen molar-refractivity contribution in [2.24, 2.45) is 5.41 Å². The molecule has 0 N–H and O–H groups in total. The summed E-state index contributed by atoms with van der Waals surface area (Å²) in [5.41, 5.74) is 0.385. The Hall–Kier alpha value is 0.640. The van der Waals surface area contributed by atoms with Crippen LogP contribution in [-0.4, -0.2) is 17.4 Å². The monoisotopic (exact) mass is 208 g/mol. The topological polar surface area (TPSA) is 0 Å². The van der Waals surface area contributed by atoms with E-state index in [4.69, 9.17) is 11.6 Å². The minimum atomic E-state index is 0.385. The first-order valence-electron chi connectivity index (χ1n) is 4.82. The van der Waals surface area contributed by atoms with Crippen molar-refractivity contribution in [3.05, 3.63) is 0 Å². The molecule has 12 heavy (non-hydrogen) atoms. The Morgan fingerprint density at radius 3 is 2.42 bits per heavy atom. The molecule has 0 fully saturated rings. The predicted octanol–water partition coefficient (Wildman–Crippen LogP) is 4.17. The van der Waals surface area contributed by atoms with Crippen molar-refractivity contribution in [1.82, 2.24) is 0 Å². The molecule has 0 bridgehead atoms. The number of halogens is 1. The zero-order valence-corrected chi connectivity index (χ0v) is 10.1. The molecule has 74 valence electrons. The van der Waals surface area contributed by atoms with Gasteiger partial charge in [0.05, 0.1) is 0 Å². The lowest BCUT2D eigenvalue weighted by Gasteiger charge is -2.24. The van der Waals surface area contributed by atoms with Gasteiger partial charge >= 0.3 is 0 Å². The largest absolute Gasteiger partial charge is 0.162 e. The third-order valence-corrected chi connectivity index (χ3v) is 4.08. The third kappa shape index (κ3) is 5.31. The third-order valence-electron chi connectivity index (χ3n) is 2.45. The van der Waals surface area contributed by atoms with Crippen LogP contribution in [0.25, 0.3) is 0 Å². The highest BCUT2D eigenvalue weighted by atomic mass is 35.5. The summed E-state index contributed by atoms with van der Waals surface area (Å²) in [6.45, 7) is 6.73. The Balaban J connectivity index is 3.45. The van der Waals surface area contributed by atoms with Gasteiger partial charge in [0.2, 0.25) is 0 Å². The van der Waals surface area contributed by atoms with E-state index >= 15 is 0 Å². The molecule has 0 spiro atoms. The molecule has 1 atom stereocenters. The Bertz CT molecular complexity index is 100. The van der Waals surface area contributed by atoms with Crippen LogP contribution in [0, 0.1) is 5.41 Å². The van der Waals surface area contributed by atoms with Crippen molar-refractivity contribution in [2.75, 3.05) is 17.4 Å². The van der Waals surface area contributed by atoms with Gasteiger partial charge in [0.25, 0.3) is 0 Å². The lowest BCUT2D eigenvalue weighted by atomic mass is 9.85. The highest BCUT2D eigenvalue weighted by Gasteiger charge is 2.19. The highest BCUT2D eigenvalue weighted by Crippen LogP contribution is 2.29. The van der Waals surface area contributed by atoms with Crippen LogP contribution in [-0.2, 0) is 0 Å². The molecule has 0 heterocycles. The molecule has 0 aromatic carbocycles. The molecule has 0 rings (SSSR count). The standard InChI is InChI=1S/C10H21ClS/c1-4-10(3,9-11)7-6-8-12-5-2/h4-9H2,1-3H3. The van der Waals surface area contributed by atoms with Gasteiger partial charge in [-0.25, -0.2) is 0 Å². The molecule has 0 radical (unpaired) electrons. The van der Waals surface area contributed by atoms with Gasteiger partial charge in [-0.05, 0) is 36.2 Å². The summed E-state index contributed by atoms with van der Waals surface area (Å²) in [7, 11) is 0.